The zero-order valence-corrected chi connectivity index (χ0v) is 13.7. The van der Waals surface area contributed by atoms with E-state index in [0.717, 1.165) is 29.2 Å². The van der Waals surface area contributed by atoms with E-state index in [1.807, 2.05) is 6.92 Å². The summed E-state index contributed by atoms with van der Waals surface area (Å²) < 4.78 is 6.79. The lowest BCUT2D eigenvalue weighted by atomic mass is 10.2. The summed E-state index contributed by atoms with van der Waals surface area (Å²) in [6, 6.07) is 0. The largest absolute Gasteiger partial charge is 0.461 e. The normalized spacial score (nSPS) is 10.9. The lowest BCUT2D eigenvalue weighted by Gasteiger charge is -2.05. The fraction of sp³-hybridized carbons (Fsp3) is 0.571. The van der Waals surface area contributed by atoms with Gasteiger partial charge in [0.05, 0.1) is 24.5 Å². The van der Waals surface area contributed by atoms with E-state index in [-0.39, 0.29) is 0 Å². The molecule has 114 valence electrons. The maximum Gasteiger partial charge on any atom is 0.360 e. The predicted molar refractivity (Wildman–Crippen MR) is 80.7 cm³/mol. The van der Waals surface area contributed by atoms with Crippen LogP contribution in [0.25, 0.3) is 0 Å². The van der Waals surface area contributed by atoms with Crippen LogP contribution in [0.2, 0.25) is 0 Å². The van der Waals surface area contributed by atoms with Gasteiger partial charge < -0.3 is 4.74 Å². The highest BCUT2D eigenvalue weighted by Crippen LogP contribution is 2.19. The van der Waals surface area contributed by atoms with Crippen LogP contribution >= 0.6 is 11.3 Å². The molecule has 0 fully saturated rings. The second-order valence-corrected chi connectivity index (χ2v) is 6.05. The molecule has 0 N–H and O–H groups in total. The zero-order chi connectivity index (χ0) is 15.4. The van der Waals surface area contributed by atoms with E-state index in [1.54, 1.807) is 22.9 Å². The molecular formula is C14H20N4O2S. The monoisotopic (exact) mass is 308 g/mol. The molecule has 0 bridgehead atoms. The smallest absolute Gasteiger partial charge is 0.360 e. The van der Waals surface area contributed by atoms with Gasteiger partial charge in [-0.05, 0) is 27.2 Å². The van der Waals surface area contributed by atoms with Crippen molar-refractivity contribution in [1.82, 2.24) is 20.0 Å². The third-order valence-electron chi connectivity index (χ3n) is 3.15. The number of hydrogen-bond donors (Lipinski definition) is 0. The van der Waals surface area contributed by atoms with E-state index in [0.29, 0.717) is 18.8 Å². The summed E-state index contributed by atoms with van der Waals surface area (Å²) in [7, 11) is 0. The van der Waals surface area contributed by atoms with E-state index in [4.69, 9.17) is 4.74 Å². The van der Waals surface area contributed by atoms with Crippen molar-refractivity contribution in [3.8, 4) is 0 Å². The van der Waals surface area contributed by atoms with Gasteiger partial charge in [-0.15, -0.1) is 16.4 Å². The van der Waals surface area contributed by atoms with Gasteiger partial charge in [-0.2, -0.15) is 0 Å². The summed E-state index contributed by atoms with van der Waals surface area (Å²) in [6.07, 6.45) is 1.65. The highest BCUT2D eigenvalue weighted by Gasteiger charge is 2.20. The standard InChI is InChI=1S/C14H20N4O2S/c1-5-7-11-13(14(19)20-6-2)16-17-18(11)8-12-15-9(3)10(4)21-12/h5-8H2,1-4H3. The van der Waals surface area contributed by atoms with Crippen LogP contribution in [0, 0.1) is 13.8 Å². The Kier molecular flexibility index (Phi) is 5.06. The topological polar surface area (TPSA) is 69.9 Å². The molecule has 2 heterocycles. The summed E-state index contributed by atoms with van der Waals surface area (Å²) in [4.78, 5) is 17.6. The Morgan fingerprint density at radius 2 is 2.10 bits per heavy atom. The van der Waals surface area contributed by atoms with Crippen molar-refractivity contribution in [2.24, 2.45) is 0 Å². The molecule has 0 unspecified atom stereocenters. The number of aryl methyl sites for hydroxylation is 2. The van der Waals surface area contributed by atoms with E-state index in [9.17, 15) is 4.79 Å². The number of thiazole rings is 1. The van der Waals surface area contributed by atoms with Crippen molar-refractivity contribution in [3.63, 3.8) is 0 Å². The maximum atomic E-state index is 11.9. The lowest BCUT2D eigenvalue weighted by molar-refractivity contribution is 0.0518. The Morgan fingerprint density at radius 3 is 2.67 bits per heavy atom. The molecule has 0 aliphatic heterocycles. The molecule has 21 heavy (non-hydrogen) atoms. The first-order chi connectivity index (χ1) is 10.1. The van der Waals surface area contributed by atoms with Gasteiger partial charge >= 0.3 is 5.97 Å². The highest BCUT2D eigenvalue weighted by molar-refractivity contribution is 7.11. The number of carbonyl (C=O) groups excluding carboxylic acids is 1. The first-order valence-electron chi connectivity index (χ1n) is 7.09. The number of ether oxygens (including phenoxy) is 1. The van der Waals surface area contributed by atoms with Gasteiger partial charge in [0, 0.05) is 4.88 Å². The minimum absolute atomic E-state index is 0.323. The van der Waals surface area contributed by atoms with Gasteiger partial charge in [0.15, 0.2) is 5.69 Å². The minimum atomic E-state index is -0.404. The Bertz CT molecular complexity index is 613. The van der Waals surface area contributed by atoms with Gasteiger partial charge in [0.25, 0.3) is 0 Å². The molecule has 0 aromatic carbocycles. The van der Waals surface area contributed by atoms with Crippen LogP contribution in [0.3, 0.4) is 0 Å². The first kappa shape index (κ1) is 15.6. The predicted octanol–water partition coefficient (Wildman–Crippen LogP) is 2.53. The van der Waals surface area contributed by atoms with E-state index in [2.05, 4.69) is 29.1 Å². The lowest BCUT2D eigenvalue weighted by Crippen LogP contribution is -2.11. The Morgan fingerprint density at radius 1 is 1.33 bits per heavy atom. The number of aromatic nitrogens is 4. The van der Waals surface area contributed by atoms with Crippen molar-refractivity contribution >= 4 is 17.3 Å². The quantitative estimate of drug-likeness (QED) is 0.767. The Balaban J connectivity index is 2.28. The van der Waals surface area contributed by atoms with Crippen LogP contribution in [0.5, 0.6) is 0 Å². The van der Waals surface area contributed by atoms with Crippen molar-refractivity contribution < 1.29 is 9.53 Å². The second-order valence-electron chi connectivity index (χ2n) is 4.76. The van der Waals surface area contributed by atoms with Crippen molar-refractivity contribution in [3.05, 3.63) is 27.0 Å². The number of esters is 1. The van der Waals surface area contributed by atoms with Gasteiger partial charge in [-0.25, -0.2) is 14.5 Å². The molecule has 2 rings (SSSR count). The summed E-state index contributed by atoms with van der Waals surface area (Å²) in [5, 5.41) is 9.07. The molecule has 0 aliphatic carbocycles. The second kappa shape index (κ2) is 6.80. The first-order valence-corrected chi connectivity index (χ1v) is 7.90. The molecule has 0 saturated heterocycles. The molecule has 2 aromatic heterocycles. The molecule has 7 heteroatoms. The van der Waals surface area contributed by atoms with Crippen LogP contribution in [-0.4, -0.2) is 32.6 Å². The van der Waals surface area contributed by atoms with Crippen LogP contribution < -0.4 is 0 Å². The van der Waals surface area contributed by atoms with E-state index < -0.39 is 5.97 Å². The molecule has 0 aliphatic rings. The SMILES string of the molecule is CCCc1c(C(=O)OCC)nnn1Cc1nc(C)c(C)s1. The third kappa shape index (κ3) is 3.47. The number of hydrogen-bond acceptors (Lipinski definition) is 6. The van der Waals surface area contributed by atoms with Gasteiger partial charge in [-0.1, -0.05) is 18.6 Å². The van der Waals surface area contributed by atoms with Gasteiger partial charge in [0.1, 0.15) is 5.01 Å². The van der Waals surface area contributed by atoms with Gasteiger partial charge in [-0.3, -0.25) is 0 Å². The highest BCUT2D eigenvalue weighted by atomic mass is 32.1. The van der Waals surface area contributed by atoms with Gasteiger partial charge in [0.2, 0.25) is 0 Å². The molecular weight excluding hydrogens is 288 g/mol. The summed E-state index contributed by atoms with van der Waals surface area (Å²) >= 11 is 1.65. The van der Waals surface area contributed by atoms with Crippen LogP contribution in [0.15, 0.2) is 0 Å². The zero-order valence-electron chi connectivity index (χ0n) is 12.8. The van der Waals surface area contributed by atoms with Crippen molar-refractivity contribution in [2.45, 2.75) is 47.1 Å². The Labute approximate surface area is 128 Å². The molecule has 0 saturated carbocycles. The maximum absolute atomic E-state index is 11.9. The van der Waals surface area contributed by atoms with E-state index in [1.165, 1.54) is 4.88 Å². The molecule has 6 nitrogen and oxygen atoms in total. The summed E-state index contributed by atoms with van der Waals surface area (Å²) in [5.41, 5.74) is 2.18. The fourth-order valence-electron chi connectivity index (χ4n) is 2.04. The van der Waals surface area contributed by atoms with E-state index >= 15 is 0 Å². The Hall–Kier alpha value is -1.76. The number of rotatable bonds is 6. The van der Waals surface area contributed by atoms with Crippen molar-refractivity contribution in [1.29, 1.82) is 0 Å². The minimum Gasteiger partial charge on any atom is -0.461 e. The van der Waals surface area contributed by atoms with Crippen LogP contribution in [0.1, 0.15) is 52.0 Å². The summed E-state index contributed by atoms with van der Waals surface area (Å²) in [6.45, 7) is 8.76. The van der Waals surface area contributed by atoms with Crippen molar-refractivity contribution in [2.75, 3.05) is 6.61 Å². The van der Waals surface area contributed by atoms with Crippen LogP contribution in [0.4, 0.5) is 0 Å². The molecule has 2 aromatic rings. The molecule has 0 spiro atoms. The fourth-order valence-corrected chi connectivity index (χ4v) is 2.95. The molecule has 0 atom stereocenters. The molecule has 0 radical (unpaired) electrons. The van der Waals surface area contributed by atoms with Crippen LogP contribution in [-0.2, 0) is 17.7 Å². The average molecular weight is 308 g/mol. The molecule has 0 amide bonds. The number of carbonyl (C=O) groups is 1. The average Bonchev–Trinajstić information content (AvgIpc) is 2.96. The third-order valence-corrected chi connectivity index (χ3v) is 4.21. The number of nitrogens with zero attached hydrogens (tertiary/aromatic N) is 4. The summed E-state index contributed by atoms with van der Waals surface area (Å²) in [5.74, 6) is -0.404.